The van der Waals surface area contributed by atoms with Crippen LogP contribution in [0.2, 0.25) is 0 Å². The lowest BCUT2D eigenvalue weighted by Crippen LogP contribution is -2.30. The summed E-state index contributed by atoms with van der Waals surface area (Å²) in [6.07, 6.45) is 0. The molecule has 0 aliphatic heterocycles. The van der Waals surface area contributed by atoms with E-state index in [-0.39, 0.29) is 17.2 Å². The molecule has 18 heavy (non-hydrogen) atoms. The summed E-state index contributed by atoms with van der Waals surface area (Å²) in [7, 11) is 0. The predicted octanol–water partition coefficient (Wildman–Crippen LogP) is 1.97. The van der Waals surface area contributed by atoms with Crippen molar-refractivity contribution in [2.75, 3.05) is 6.54 Å². The van der Waals surface area contributed by atoms with Crippen LogP contribution in [0.25, 0.3) is 10.6 Å². The maximum atomic E-state index is 12.2. The van der Waals surface area contributed by atoms with E-state index in [0.717, 1.165) is 10.6 Å². The number of pyridine rings is 1. The summed E-state index contributed by atoms with van der Waals surface area (Å²) >= 11 is 1.56. The number of nitrogens with two attached hydrogens (primary N) is 1. The average molecular weight is 259 g/mol. The van der Waals surface area contributed by atoms with E-state index in [1.165, 1.54) is 0 Å². The molecule has 0 bridgehead atoms. The van der Waals surface area contributed by atoms with E-state index < -0.39 is 0 Å². The fourth-order valence-electron chi connectivity index (χ4n) is 1.81. The van der Waals surface area contributed by atoms with Gasteiger partial charge >= 0.3 is 0 Å². The van der Waals surface area contributed by atoms with Crippen LogP contribution < -0.4 is 11.3 Å². The van der Waals surface area contributed by atoms with Crippen molar-refractivity contribution in [1.82, 2.24) is 4.57 Å². The van der Waals surface area contributed by atoms with E-state index >= 15 is 0 Å². The first kappa shape index (κ1) is 12.6. The topological polar surface area (TPSA) is 71.8 Å². The molecule has 2 heterocycles. The normalized spacial score (nSPS) is 12.1. The van der Waals surface area contributed by atoms with E-state index in [1.807, 2.05) is 30.5 Å². The molecular weight excluding hydrogens is 246 g/mol. The number of thiophene rings is 1. The Bertz CT molecular complexity index is 637. The van der Waals surface area contributed by atoms with Crippen molar-refractivity contribution in [2.24, 2.45) is 5.73 Å². The number of nitriles is 1. The molecule has 0 aliphatic rings. The zero-order valence-corrected chi connectivity index (χ0v) is 10.8. The Morgan fingerprint density at radius 2 is 2.28 bits per heavy atom. The smallest absolute Gasteiger partial charge is 0.269 e. The molecule has 0 fully saturated rings. The Kier molecular flexibility index (Phi) is 3.60. The van der Waals surface area contributed by atoms with Crippen LogP contribution >= 0.6 is 11.3 Å². The fraction of sp³-hybridized carbons (Fsp3) is 0.231. The van der Waals surface area contributed by atoms with Crippen LogP contribution in [-0.4, -0.2) is 11.1 Å². The molecule has 1 atom stereocenters. The van der Waals surface area contributed by atoms with E-state index in [4.69, 9.17) is 11.0 Å². The highest BCUT2D eigenvalue weighted by atomic mass is 32.1. The van der Waals surface area contributed by atoms with Gasteiger partial charge in [-0.15, -0.1) is 11.3 Å². The molecule has 2 aromatic heterocycles. The molecule has 0 radical (unpaired) electrons. The van der Waals surface area contributed by atoms with Gasteiger partial charge < -0.3 is 10.3 Å². The van der Waals surface area contributed by atoms with Gasteiger partial charge in [0, 0.05) is 12.6 Å². The molecular formula is C13H13N3OS. The van der Waals surface area contributed by atoms with Gasteiger partial charge in [-0.3, -0.25) is 4.79 Å². The fourth-order valence-corrected chi connectivity index (χ4v) is 2.55. The van der Waals surface area contributed by atoms with Gasteiger partial charge in [-0.1, -0.05) is 6.07 Å². The zero-order chi connectivity index (χ0) is 13.1. The minimum Gasteiger partial charge on any atom is -0.328 e. The van der Waals surface area contributed by atoms with Crippen LogP contribution in [0.15, 0.2) is 34.4 Å². The molecule has 1 unspecified atom stereocenters. The van der Waals surface area contributed by atoms with Crippen LogP contribution in [-0.2, 0) is 0 Å². The number of hydrogen-bond donors (Lipinski definition) is 1. The Hall–Kier alpha value is -1.90. The first-order chi connectivity index (χ1) is 8.69. The number of nitrogens with zero attached hydrogens (tertiary/aromatic N) is 2. The van der Waals surface area contributed by atoms with Crippen LogP contribution in [0.4, 0.5) is 0 Å². The summed E-state index contributed by atoms with van der Waals surface area (Å²) in [5.74, 6) is 0. The predicted molar refractivity (Wildman–Crippen MR) is 72.5 cm³/mol. The third-order valence-electron chi connectivity index (χ3n) is 2.79. The summed E-state index contributed by atoms with van der Waals surface area (Å²) in [6, 6.07) is 9.03. The van der Waals surface area contributed by atoms with E-state index in [0.29, 0.717) is 6.54 Å². The Morgan fingerprint density at radius 3 is 2.83 bits per heavy atom. The largest absolute Gasteiger partial charge is 0.328 e. The first-order valence-corrected chi connectivity index (χ1v) is 6.46. The van der Waals surface area contributed by atoms with Crippen LogP contribution in [0, 0.1) is 11.3 Å². The zero-order valence-electron chi connectivity index (χ0n) is 9.96. The molecule has 0 saturated heterocycles. The molecule has 0 amide bonds. The third kappa shape index (κ3) is 2.08. The summed E-state index contributed by atoms with van der Waals surface area (Å²) in [5.41, 5.74) is 6.33. The Balaban J connectivity index is 2.72. The van der Waals surface area contributed by atoms with Crippen molar-refractivity contribution in [3.05, 3.63) is 45.6 Å². The minimum atomic E-state index is -0.277. The van der Waals surface area contributed by atoms with Crippen LogP contribution in [0.1, 0.15) is 18.5 Å². The molecule has 92 valence electrons. The highest BCUT2D eigenvalue weighted by Gasteiger charge is 2.14. The Morgan fingerprint density at radius 1 is 1.50 bits per heavy atom. The van der Waals surface area contributed by atoms with Gasteiger partial charge in [-0.25, -0.2) is 0 Å². The first-order valence-electron chi connectivity index (χ1n) is 5.58. The summed E-state index contributed by atoms with van der Waals surface area (Å²) in [5, 5.41) is 10.9. The summed E-state index contributed by atoms with van der Waals surface area (Å²) in [6.45, 7) is 2.23. The van der Waals surface area contributed by atoms with Crippen molar-refractivity contribution in [1.29, 1.82) is 5.26 Å². The molecule has 0 spiro atoms. The van der Waals surface area contributed by atoms with Gasteiger partial charge in [0.1, 0.15) is 11.6 Å². The molecule has 2 aromatic rings. The second-order valence-corrected chi connectivity index (χ2v) is 4.93. The maximum absolute atomic E-state index is 12.2. The standard InChI is InChI=1S/C13H13N3OS/c1-9(7-14)16-11(12-3-2-6-18-12)5-4-10(8-15)13(16)17/h2-6,9H,7,14H2,1H3. The average Bonchev–Trinajstić information content (AvgIpc) is 2.91. The monoisotopic (exact) mass is 259 g/mol. The number of rotatable bonds is 3. The van der Waals surface area contributed by atoms with Crippen molar-refractivity contribution >= 4 is 11.3 Å². The minimum absolute atomic E-state index is 0.136. The van der Waals surface area contributed by atoms with Gasteiger partial charge in [-0.2, -0.15) is 5.26 Å². The van der Waals surface area contributed by atoms with Crippen molar-refractivity contribution < 1.29 is 0 Å². The maximum Gasteiger partial charge on any atom is 0.269 e. The van der Waals surface area contributed by atoms with Gasteiger partial charge in [0.25, 0.3) is 5.56 Å². The molecule has 0 aromatic carbocycles. The van der Waals surface area contributed by atoms with Gasteiger partial charge in [-0.05, 0) is 30.5 Å². The Labute approximate surface area is 109 Å². The van der Waals surface area contributed by atoms with Crippen molar-refractivity contribution in [3.8, 4) is 16.6 Å². The van der Waals surface area contributed by atoms with Crippen LogP contribution in [0.5, 0.6) is 0 Å². The lowest BCUT2D eigenvalue weighted by molar-refractivity contribution is 0.545. The summed E-state index contributed by atoms with van der Waals surface area (Å²) in [4.78, 5) is 13.2. The van der Waals surface area contributed by atoms with Crippen molar-refractivity contribution in [2.45, 2.75) is 13.0 Å². The quantitative estimate of drug-likeness (QED) is 0.916. The lowest BCUT2D eigenvalue weighted by Gasteiger charge is -2.17. The number of aromatic nitrogens is 1. The third-order valence-corrected chi connectivity index (χ3v) is 3.68. The molecule has 2 rings (SSSR count). The molecule has 0 saturated carbocycles. The highest BCUT2D eigenvalue weighted by Crippen LogP contribution is 2.25. The molecule has 4 nitrogen and oxygen atoms in total. The lowest BCUT2D eigenvalue weighted by atomic mass is 10.2. The van der Waals surface area contributed by atoms with Crippen molar-refractivity contribution in [3.63, 3.8) is 0 Å². The molecule has 2 N–H and O–H groups in total. The van der Waals surface area contributed by atoms with Gasteiger partial charge in [0.05, 0.1) is 10.6 Å². The highest BCUT2D eigenvalue weighted by molar-refractivity contribution is 7.13. The number of hydrogen-bond acceptors (Lipinski definition) is 4. The van der Waals surface area contributed by atoms with E-state index in [9.17, 15) is 4.79 Å². The van der Waals surface area contributed by atoms with E-state index in [1.54, 1.807) is 28.0 Å². The second kappa shape index (κ2) is 5.17. The van der Waals surface area contributed by atoms with Gasteiger partial charge in [0.15, 0.2) is 0 Å². The second-order valence-electron chi connectivity index (χ2n) is 3.98. The van der Waals surface area contributed by atoms with E-state index in [2.05, 4.69) is 0 Å². The molecule has 0 aliphatic carbocycles. The van der Waals surface area contributed by atoms with Gasteiger partial charge in [0.2, 0.25) is 0 Å². The summed E-state index contributed by atoms with van der Waals surface area (Å²) < 4.78 is 1.60. The molecule has 5 heteroatoms. The SMILES string of the molecule is CC(CN)n1c(-c2cccs2)ccc(C#N)c1=O. The van der Waals surface area contributed by atoms with Crippen LogP contribution in [0.3, 0.4) is 0 Å².